The summed E-state index contributed by atoms with van der Waals surface area (Å²) < 4.78 is 30.1. The molecule has 6 heteroatoms. The lowest BCUT2D eigenvalue weighted by Crippen LogP contribution is -2.35. The van der Waals surface area contributed by atoms with Crippen molar-refractivity contribution in [3.63, 3.8) is 0 Å². The summed E-state index contributed by atoms with van der Waals surface area (Å²) in [7, 11) is -1.66. The molecule has 0 fully saturated rings. The third-order valence-electron chi connectivity index (χ3n) is 3.83. The van der Waals surface area contributed by atoms with Gasteiger partial charge in [-0.15, -0.1) is 6.58 Å². The van der Waals surface area contributed by atoms with Gasteiger partial charge < -0.3 is 0 Å². The molecule has 0 aliphatic rings. The molecule has 0 amide bonds. The van der Waals surface area contributed by atoms with Crippen LogP contribution in [-0.2, 0) is 18.1 Å². The Morgan fingerprint density at radius 1 is 1.16 bits per heavy atom. The standard InChI is InChI=1S/C19H32NO4P/c1-6-14-20(5)17(4)19(18-12-10-9-11-13-18)24-25(21,22-15-7-2)23-16-8-3/h6,9-13,17,19H,1,7-8,14-16H2,2-5H3. The summed E-state index contributed by atoms with van der Waals surface area (Å²) >= 11 is 0. The van der Waals surface area contributed by atoms with Gasteiger partial charge in [-0.3, -0.25) is 18.5 Å². The summed E-state index contributed by atoms with van der Waals surface area (Å²) in [5.74, 6) is 0. The Labute approximate surface area is 152 Å². The third-order valence-corrected chi connectivity index (χ3v) is 5.31. The molecule has 0 aliphatic carbocycles. The molecule has 0 N–H and O–H groups in total. The van der Waals surface area contributed by atoms with Crippen molar-refractivity contribution in [3.05, 3.63) is 48.6 Å². The van der Waals surface area contributed by atoms with Crippen LogP contribution in [0.2, 0.25) is 0 Å². The van der Waals surface area contributed by atoms with Crippen molar-refractivity contribution in [3.8, 4) is 0 Å². The minimum absolute atomic E-state index is 0.0378. The third kappa shape index (κ3) is 7.43. The van der Waals surface area contributed by atoms with Gasteiger partial charge in [-0.2, -0.15) is 0 Å². The zero-order chi connectivity index (χ0) is 18.7. The minimum Gasteiger partial charge on any atom is -0.297 e. The van der Waals surface area contributed by atoms with Crippen LogP contribution in [0.15, 0.2) is 43.0 Å². The fourth-order valence-electron chi connectivity index (χ4n) is 2.31. The van der Waals surface area contributed by atoms with Crippen LogP contribution in [-0.4, -0.2) is 37.7 Å². The van der Waals surface area contributed by atoms with Gasteiger partial charge in [0.25, 0.3) is 0 Å². The van der Waals surface area contributed by atoms with Gasteiger partial charge in [0.2, 0.25) is 0 Å². The Morgan fingerprint density at radius 2 is 1.72 bits per heavy atom. The number of nitrogens with zero attached hydrogens (tertiary/aromatic N) is 1. The fourth-order valence-corrected chi connectivity index (χ4v) is 3.90. The van der Waals surface area contributed by atoms with E-state index in [1.807, 2.05) is 64.2 Å². The maximum absolute atomic E-state index is 13.1. The number of benzene rings is 1. The van der Waals surface area contributed by atoms with Crippen LogP contribution < -0.4 is 0 Å². The van der Waals surface area contributed by atoms with E-state index >= 15 is 0 Å². The summed E-state index contributed by atoms with van der Waals surface area (Å²) in [6.45, 7) is 11.1. The molecule has 142 valence electrons. The van der Waals surface area contributed by atoms with Crippen LogP contribution in [0.25, 0.3) is 0 Å². The van der Waals surface area contributed by atoms with Gasteiger partial charge in [-0.05, 0) is 32.4 Å². The maximum Gasteiger partial charge on any atom is 0.475 e. The molecule has 25 heavy (non-hydrogen) atoms. The highest BCUT2D eigenvalue weighted by atomic mass is 31.2. The quantitative estimate of drug-likeness (QED) is 0.353. The van der Waals surface area contributed by atoms with Crippen LogP contribution in [0.1, 0.15) is 45.3 Å². The number of hydrogen-bond donors (Lipinski definition) is 0. The highest BCUT2D eigenvalue weighted by Gasteiger charge is 2.35. The molecule has 1 aromatic rings. The lowest BCUT2D eigenvalue weighted by Gasteiger charge is -2.33. The Hall–Kier alpha value is -0.970. The highest BCUT2D eigenvalue weighted by molar-refractivity contribution is 7.48. The summed E-state index contributed by atoms with van der Waals surface area (Å²) in [6, 6.07) is 9.72. The van der Waals surface area contributed by atoms with E-state index in [0.717, 1.165) is 18.4 Å². The molecule has 1 aromatic carbocycles. The molecule has 0 saturated heterocycles. The minimum atomic E-state index is -3.64. The average Bonchev–Trinajstić information content (AvgIpc) is 2.63. The molecular weight excluding hydrogens is 337 g/mol. The van der Waals surface area contributed by atoms with Gasteiger partial charge >= 0.3 is 7.82 Å². The first-order chi connectivity index (χ1) is 12.0. The summed E-state index contributed by atoms with van der Waals surface area (Å²) in [4.78, 5) is 2.09. The zero-order valence-electron chi connectivity index (χ0n) is 15.9. The van der Waals surface area contributed by atoms with Gasteiger partial charge in [0, 0.05) is 12.6 Å². The summed E-state index contributed by atoms with van der Waals surface area (Å²) in [6.07, 6.45) is 2.88. The first kappa shape index (κ1) is 22.1. The van der Waals surface area contributed by atoms with Crippen LogP contribution in [0, 0.1) is 0 Å². The Kier molecular flexibility index (Phi) is 10.2. The molecule has 0 aliphatic heterocycles. The molecule has 2 unspecified atom stereocenters. The topological polar surface area (TPSA) is 48.0 Å². The van der Waals surface area contributed by atoms with Gasteiger partial charge in [0.15, 0.2) is 0 Å². The average molecular weight is 369 g/mol. The summed E-state index contributed by atoms with van der Waals surface area (Å²) in [5, 5.41) is 0. The van der Waals surface area contributed by atoms with E-state index in [0.29, 0.717) is 19.8 Å². The van der Waals surface area contributed by atoms with Crippen LogP contribution in [0.4, 0.5) is 0 Å². The van der Waals surface area contributed by atoms with E-state index in [2.05, 4.69) is 11.5 Å². The van der Waals surface area contributed by atoms with Gasteiger partial charge in [0.1, 0.15) is 6.10 Å². The van der Waals surface area contributed by atoms with E-state index in [4.69, 9.17) is 13.6 Å². The predicted molar refractivity (Wildman–Crippen MR) is 103 cm³/mol. The Morgan fingerprint density at radius 3 is 2.20 bits per heavy atom. The van der Waals surface area contributed by atoms with Gasteiger partial charge in [-0.25, -0.2) is 4.57 Å². The van der Waals surface area contributed by atoms with E-state index < -0.39 is 13.9 Å². The highest BCUT2D eigenvalue weighted by Crippen LogP contribution is 2.54. The molecule has 0 aromatic heterocycles. The monoisotopic (exact) mass is 369 g/mol. The number of phosphoric ester groups is 1. The maximum atomic E-state index is 13.1. The van der Waals surface area contributed by atoms with Crippen molar-refractivity contribution in [2.24, 2.45) is 0 Å². The van der Waals surface area contributed by atoms with E-state index in [9.17, 15) is 4.57 Å². The predicted octanol–water partition coefficient (Wildman–Crippen LogP) is 5.21. The van der Waals surface area contributed by atoms with Crippen molar-refractivity contribution in [2.45, 2.75) is 45.8 Å². The zero-order valence-corrected chi connectivity index (χ0v) is 16.8. The molecule has 0 radical (unpaired) electrons. The molecular formula is C19H32NO4P. The van der Waals surface area contributed by atoms with Crippen molar-refractivity contribution >= 4 is 7.82 Å². The Bertz CT molecular complexity index is 525. The first-order valence-corrected chi connectivity index (χ1v) is 10.4. The second-order valence-corrected chi connectivity index (χ2v) is 7.64. The second-order valence-electron chi connectivity index (χ2n) is 6.02. The molecule has 0 saturated carbocycles. The van der Waals surface area contributed by atoms with Crippen molar-refractivity contribution in [1.82, 2.24) is 4.90 Å². The normalized spacial score (nSPS) is 14.4. The molecule has 1 rings (SSSR count). The molecule has 0 bridgehead atoms. The van der Waals surface area contributed by atoms with Crippen molar-refractivity contribution in [1.29, 1.82) is 0 Å². The fraction of sp³-hybridized carbons (Fsp3) is 0.579. The van der Waals surface area contributed by atoms with E-state index in [1.54, 1.807) is 0 Å². The van der Waals surface area contributed by atoms with E-state index in [1.165, 1.54) is 0 Å². The van der Waals surface area contributed by atoms with Crippen molar-refractivity contribution in [2.75, 3.05) is 26.8 Å². The number of likely N-dealkylation sites (N-methyl/N-ethyl adjacent to an activating group) is 1. The lowest BCUT2D eigenvalue weighted by atomic mass is 10.0. The second kappa shape index (κ2) is 11.6. The molecule has 0 spiro atoms. The van der Waals surface area contributed by atoms with Gasteiger partial charge in [0.05, 0.1) is 13.2 Å². The van der Waals surface area contributed by atoms with Crippen LogP contribution >= 0.6 is 7.82 Å². The number of rotatable bonds is 13. The smallest absolute Gasteiger partial charge is 0.297 e. The molecule has 0 heterocycles. The van der Waals surface area contributed by atoms with Gasteiger partial charge in [-0.1, -0.05) is 50.3 Å². The van der Waals surface area contributed by atoms with E-state index in [-0.39, 0.29) is 6.04 Å². The van der Waals surface area contributed by atoms with Crippen LogP contribution in [0.5, 0.6) is 0 Å². The molecule has 5 nitrogen and oxygen atoms in total. The van der Waals surface area contributed by atoms with Crippen LogP contribution in [0.3, 0.4) is 0 Å². The SMILES string of the molecule is C=CCN(C)C(C)C(OP(=O)(OCCC)OCCC)c1ccccc1. The number of phosphoric acid groups is 1. The Balaban J connectivity index is 3.07. The largest absolute Gasteiger partial charge is 0.475 e. The van der Waals surface area contributed by atoms with Crippen molar-refractivity contribution < 1.29 is 18.1 Å². The first-order valence-electron chi connectivity index (χ1n) is 8.91. The number of hydrogen-bond acceptors (Lipinski definition) is 5. The molecule has 2 atom stereocenters. The summed E-state index contributed by atoms with van der Waals surface area (Å²) in [5.41, 5.74) is 0.936. The lowest BCUT2D eigenvalue weighted by molar-refractivity contribution is 0.0382.